The minimum absolute atomic E-state index is 0.360. The number of hydrogen-bond donors (Lipinski definition) is 0. The van der Waals surface area contributed by atoms with Crippen molar-refractivity contribution in [1.29, 1.82) is 0 Å². The molecule has 1 aromatic carbocycles. The van der Waals surface area contributed by atoms with E-state index in [4.69, 9.17) is 14.0 Å². The first-order valence-corrected chi connectivity index (χ1v) is 11.4. The predicted molar refractivity (Wildman–Crippen MR) is 111 cm³/mol. The van der Waals surface area contributed by atoms with Crippen molar-refractivity contribution in [3.05, 3.63) is 30.6 Å². The van der Waals surface area contributed by atoms with E-state index in [-0.39, 0.29) is 11.2 Å². The average molecular weight is 390 g/mol. The normalized spacial score (nSPS) is 18.4. The number of rotatable bonds is 7. The second-order valence-electron chi connectivity index (χ2n) is 8.05. The Labute approximate surface area is 165 Å². The van der Waals surface area contributed by atoms with Crippen LogP contribution in [0.4, 0.5) is 0 Å². The third kappa shape index (κ3) is 4.74. The summed E-state index contributed by atoms with van der Waals surface area (Å²) in [5, 5.41) is 4.52. The van der Waals surface area contributed by atoms with Crippen LogP contribution in [0.3, 0.4) is 0 Å². The molecule has 3 rings (SSSR count). The molecule has 2 aromatic rings. The van der Waals surface area contributed by atoms with E-state index in [0.717, 1.165) is 23.4 Å². The lowest BCUT2D eigenvalue weighted by atomic mass is 9.78. The molecule has 27 heavy (non-hydrogen) atoms. The van der Waals surface area contributed by atoms with E-state index in [2.05, 4.69) is 50.3 Å². The maximum absolute atomic E-state index is 6.14. The molecule has 0 N–H and O–H groups in total. The Morgan fingerprint density at radius 2 is 1.85 bits per heavy atom. The smallest absolute Gasteiger partial charge is 0.399 e. The Kier molecular flexibility index (Phi) is 6.00. The molecule has 1 saturated heterocycles. The number of benzene rings is 1. The van der Waals surface area contributed by atoms with Crippen LogP contribution in [0.25, 0.3) is 11.4 Å². The summed E-state index contributed by atoms with van der Waals surface area (Å²) in [5.74, 6) is 1.74. The summed E-state index contributed by atoms with van der Waals surface area (Å²) in [7, 11) is 0.00124. The van der Waals surface area contributed by atoms with E-state index in [1.807, 2.05) is 24.3 Å². The summed E-state index contributed by atoms with van der Waals surface area (Å²) < 4.78 is 19.7. The lowest BCUT2D eigenvalue weighted by Crippen LogP contribution is -2.41. The first kappa shape index (κ1) is 20.4. The molecule has 0 radical (unpaired) electrons. The second kappa shape index (κ2) is 7.95. The van der Waals surface area contributed by atoms with E-state index in [0.29, 0.717) is 23.5 Å². The van der Waals surface area contributed by atoms with Crippen LogP contribution < -0.4 is 5.46 Å². The number of aromatic nitrogens is 3. The molecule has 146 valence electrons. The third-order valence-electron chi connectivity index (χ3n) is 5.07. The summed E-state index contributed by atoms with van der Waals surface area (Å²) in [6.45, 7) is 9.38. The first-order chi connectivity index (χ1) is 12.7. The standard InChI is InChI=1S/C19H29BN3O3S/c1-18(2)19(3,4)26-20(25-18)16-9-7-8-15(12-16)17-21-13-23(22-17)14-24-10-11-27(5)6/h7-9,12-13H,10-11,14H2,1-6H3/q+1. The fraction of sp³-hybridized carbons (Fsp3) is 0.579. The van der Waals surface area contributed by atoms with Gasteiger partial charge in [0, 0.05) is 5.56 Å². The van der Waals surface area contributed by atoms with Gasteiger partial charge in [-0.25, -0.2) is 9.67 Å². The monoisotopic (exact) mass is 390 g/mol. The molecule has 0 unspecified atom stereocenters. The highest BCUT2D eigenvalue weighted by Crippen LogP contribution is 2.36. The van der Waals surface area contributed by atoms with Crippen LogP contribution in [0.1, 0.15) is 27.7 Å². The van der Waals surface area contributed by atoms with Gasteiger partial charge in [0.25, 0.3) is 0 Å². The van der Waals surface area contributed by atoms with Crippen LogP contribution in [0.2, 0.25) is 0 Å². The van der Waals surface area contributed by atoms with Crippen LogP contribution in [0.15, 0.2) is 30.6 Å². The molecular weight excluding hydrogens is 361 g/mol. The predicted octanol–water partition coefficient (Wildman–Crippen LogP) is 2.10. The molecule has 0 saturated carbocycles. The van der Waals surface area contributed by atoms with E-state index in [1.54, 1.807) is 11.0 Å². The molecule has 8 heteroatoms. The zero-order valence-corrected chi connectivity index (χ0v) is 17.9. The Bertz CT molecular complexity index is 763. The lowest BCUT2D eigenvalue weighted by molar-refractivity contribution is 0.00578. The molecule has 0 bridgehead atoms. The van der Waals surface area contributed by atoms with Gasteiger partial charge in [-0.3, -0.25) is 0 Å². The Hall–Kier alpha value is -1.35. The van der Waals surface area contributed by atoms with E-state index in [9.17, 15) is 0 Å². The van der Waals surface area contributed by atoms with Crippen LogP contribution in [0.5, 0.6) is 0 Å². The van der Waals surface area contributed by atoms with Gasteiger partial charge >= 0.3 is 7.12 Å². The SMILES string of the molecule is C[S+](C)CCOCn1cnc(-c2cccc(B3OC(C)(C)C(C)(C)O3)c2)n1. The third-order valence-corrected chi connectivity index (χ3v) is 6.05. The van der Waals surface area contributed by atoms with Crippen molar-refractivity contribution in [2.24, 2.45) is 0 Å². The molecule has 0 spiro atoms. The number of nitrogens with zero attached hydrogens (tertiary/aromatic N) is 3. The summed E-state index contributed by atoms with van der Waals surface area (Å²) >= 11 is 0. The Morgan fingerprint density at radius 1 is 1.15 bits per heavy atom. The van der Waals surface area contributed by atoms with Gasteiger partial charge in [0.15, 0.2) is 5.82 Å². The molecule has 1 aromatic heterocycles. The lowest BCUT2D eigenvalue weighted by Gasteiger charge is -2.32. The van der Waals surface area contributed by atoms with Crippen molar-refractivity contribution < 1.29 is 14.0 Å². The first-order valence-electron chi connectivity index (χ1n) is 9.15. The number of ether oxygens (including phenoxy) is 1. The van der Waals surface area contributed by atoms with Crippen LogP contribution >= 0.6 is 0 Å². The van der Waals surface area contributed by atoms with Gasteiger partial charge in [0.05, 0.1) is 30.3 Å². The van der Waals surface area contributed by atoms with E-state index >= 15 is 0 Å². The van der Waals surface area contributed by atoms with Crippen LogP contribution in [-0.2, 0) is 31.7 Å². The van der Waals surface area contributed by atoms with Gasteiger partial charge in [-0.05, 0) is 44.1 Å². The van der Waals surface area contributed by atoms with E-state index in [1.165, 1.54) is 0 Å². The highest BCUT2D eigenvalue weighted by molar-refractivity contribution is 7.95. The summed E-state index contributed by atoms with van der Waals surface area (Å²) in [4.78, 5) is 4.42. The average Bonchev–Trinajstić information content (AvgIpc) is 3.14. The fourth-order valence-electron chi connectivity index (χ4n) is 2.68. The highest BCUT2D eigenvalue weighted by atomic mass is 32.2. The number of hydrogen-bond acceptors (Lipinski definition) is 5. The summed E-state index contributed by atoms with van der Waals surface area (Å²) in [5.41, 5.74) is 1.18. The maximum Gasteiger partial charge on any atom is 0.494 e. The maximum atomic E-state index is 6.14. The minimum Gasteiger partial charge on any atom is -0.399 e. The zero-order valence-electron chi connectivity index (χ0n) is 17.1. The van der Waals surface area contributed by atoms with Crippen molar-refractivity contribution in [3.63, 3.8) is 0 Å². The van der Waals surface area contributed by atoms with Crippen LogP contribution in [-0.4, -0.2) is 58.0 Å². The molecule has 1 aliphatic rings. The molecular formula is C19H29BN3O3S+. The van der Waals surface area contributed by atoms with Crippen molar-refractivity contribution in [3.8, 4) is 11.4 Å². The molecule has 6 nitrogen and oxygen atoms in total. The molecule has 0 atom stereocenters. The highest BCUT2D eigenvalue weighted by Gasteiger charge is 2.51. The van der Waals surface area contributed by atoms with Gasteiger partial charge in [0.1, 0.15) is 18.8 Å². The summed E-state index contributed by atoms with van der Waals surface area (Å²) in [6.07, 6.45) is 6.13. The quantitative estimate of drug-likeness (QED) is 0.412. The molecule has 0 amide bonds. The van der Waals surface area contributed by atoms with Crippen LogP contribution in [0, 0.1) is 0 Å². The van der Waals surface area contributed by atoms with Crippen molar-refractivity contribution in [1.82, 2.24) is 14.8 Å². The second-order valence-corrected chi connectivity index (χ2v) is 10.4. The molecule has 0 aliphatic carbocycles. The van der Waals surface area contributed by atoms with Gasteiger partial charge in [-0.15, -0.1) is 5.10 Å². The van der Waals surface area contributed by atoms with Crippen molar-refractivity contribution in [2.45, 2.75) is 45.6 Å². The Morgan fingerprint density at radius 3 is 2.52 bits per heavy atom. The molecule has 1 fully saturated rings. The summed E-state index contributed by atoms with van der Waals surface area (Å²) in [6, 6.07) is 8.02. The molecule has 1 aliphatic heterocycles. The van der Waals surface area contributed by atoms with Crippen molar-refractivity contribution in [2.75, 3.05) is 24.9 Å². The van der Waals surface area contributed by atoms with Gasteiger partial charge in [-0.1, -0.05) is 24.3 Å². The van der Waals surface area contributed by atoms with E-state index < -0.39 is 7.12 Å². The largest absolute Gasteiger partial charge is 0.494 e. The van der Waals surface area contributed by atoms with Gasteiger partial charge in [0.2, 0.25) is 0 Å². The van der Waals surface area contributed by atoms with Crippen molar-refractivity contribution >= 4 is 23.5 Å². The Balaban J connectivity index is 1.68. The topological polar surface area (TPSA) is 58.4 Å². The molecule has 2 heterocycles. The van der Waals surface area contributed by atoms with Gasteiger partial charge < -0.3 is 14.0 Å². The van der Waals surface area contributed by atoms with Gasteiger partial charge in [-0.2, -0.15) is 0 Å². The minimum atomic E-state index is -0.391. The fourth-order valence-corrected chi connectivity index (χ4v) is 3.13. The zero-order chi connectivity index (χ0) is 19.7.